The van der Waals surface area contributed by atoms with E-state index in [9.17, 15) is 8.42 Å². The highest BCUT2D eigenvalue weighted by atomic mass is 35.5. The van der Waals surface area contributed by atoms with Gasteiger partial charge in [-0.3, -0.25) is 0 Å². The lowest BCUT2D eigenvalue weighted by atomic mass is 10.1. The molecule has 2 N–H and O–H groups in total. The Morgan fingerprint density at radius 2 is 2.21 bits per heavy atom. The minimum atomic E-state index is -2.93. The van der Waals surface area contributed by atoms with Gasteiger partial charge in [0.05, 0.1) is 11.5 Å². The summed E-state index contributed by atoms with van der Waals surface area (Å²) in [7, 11) is -1.08. The third-order valence-corrected chi connectivity index (χ3v) is 5.57. The Morgan fingerprint density at radius 3 is 2.74 bits per heavy atom. The van der Waals surface area contributed by atoms with Crippen molar-refractivity contribution in [1.82, 2.24) is 0 Å². The molecule has 0 aromatic heterocycles. The van der Waals surface area contributed by atoms with Crippen LogP contribution >= 0.6 is 23.8 Å². The zero-order chi connectivity index (χ0) is 14.2. The quantitative estimate of drug-likeness (QED) is 0.858. The second kappa shape index (κ2) is 5.26. The summed E-state index contributed by atoms with van der Waals surface area (Å²) in [6, 6.07) is 5.19. The van der Waals surface area contributed by atoms with Gasteiger partial charge in [0.25, 0.3) is 0 Å². The average Bonchev–Trinajstić information content (AvgIpc) is 2.68. The average molecular weight is 319 g/mol. The molecule has 2 rings (SSSR count). The topological polar surface area (TPSA) is 63.4 Å². The molecule has 1 saturated heterocycles. The predicted molar refractivity (Wildman–Crippen MR) is 82.8 cm³/mol. The molecule has 7 heteroatoms. The molecule has 0 aliphatic carbocycles. The van der Waals surface area contributed by atoms with E-state index in [0.29, 0.717) is 17.0 Å². The van der Waals surface area contributed by atoms with Crippen molar-refractivity contribution in [2.75, 3.05) is 23.5 Å². The van der Waals surface area contributed by atoms with Gasteiger partial charge in [-0.05, 0) is 24.6 Å². The van der Waals surface area contributed by atoms with Gasteiger partial charge in [0.15, 0.2) is 9.84 Å². The van der Waals surface area contributed by atoms with E-state index in [4.69, 9.17) is 29.6 Å². The molecule has 1 aliphatic heterocycles. The summed E-state index contributed by atoms with van der Waals surface area (Å²) in [4.78, 5) is 2.18. The number of anilines is 1. The zero-order valence-corrected chi connectivity index (χ0v) is 12.9. The fourth-order valence-corrected chi connectivity index (χ4v) is 4.40. The molecular formula is C12H15ClN2O2S2. The second-order valence-electron chi connectivity index (χ2n) is 4.69. The smallest absolute Gasteiger partial charge is 0.152 e. The van der Waals surface area contributed by atoms with Crippen molar-refractivity contribution in [3.8, 4) is 0 Å². The van der Waals surface area contributed by atoms with Crippen LogP contribution in [0.1, 0.15) is 12.0 Å². The summed E-state index contributed by atoms with van der Waals surface area (Å²) in [5.74, 6) is 0.387. The first-order chi connectivity index (χ1) is 8.80. The van der Waals surface area contributed by atoms with E-state index in [-0.39, 0.29) is 22.5 Å². The van der Waals surface area contributed by atoms with Gasteiger partial charge in [-0.25, -0.2) is 8.42 Å². The molecule has 0 saturated carbocycles. The van der Waals surface area contributed by atoms with E-state index in [1.165, 1.54) is 0 Å². The lowest BCUT2D eigenvalue weighted by molar-refractivity contribution is 0.601. The number of hydrogen-bond acceptors (Lipinski definition) is 4. The Kier molecular flexibility index (Phi) is 4.03. The highest BCUT2D eigenvalue weighted by Gasteiger charge is 2.31. The van der Waals surface area contributed by atoms with Crippen LogP contribution in [-0.4, -0.2) is 38.0 Å². The van der Waals surface area contributed by atoms with E-state index in [1.54, 1.807) is 18.2 Å². The summed E-state index contributed by atoms with van der Waals surface area (Å²) in [6.07, 6.45) is 0.613. The number of nitrogens with zero attached hydrogens (tertiary/aromatic N) is 1. The highest BCUT2D eigenvalue weighted by molar-refractivity contribution is 7.91. The minimum Gasteiger partial charge on any atom is -0.389 e. The van der Waals surface area contributed by atoms with Gasteiger partial charge in [-0.15, -0.1) is 0 Å². The Hall–Kier alpha value is -0.850. The van der Waals surface area contributed by atoms with Gasteiger partial charge in [0, 0.05) is 29.4 Å². The summed E-state index contributed by atoms with van der Waals surface area (Å²) in [6.45, 7) is 0. The molecule has 1 atom stereocenters. The molecule has 1 unspecified atom stereocenters. The van der Waals surface area contributed by atoms with E-state index in [1.807, 2.05) is 11.9 Å². The minimum absolute atomic E-state index is 0.0587. The summed E-state index contributed by atoms with van der Waals surface area (Å²) in [5, 5.41) is 0.572. The third-order valence-electron chi connectivity index (χ3n) is 3.36. The normalized spacial score (nSPS) is 21.3. The largest absolute Gasteiger partial charge is 0.389 e. The first-order valence-electron chi connectivity index (χ1n) is 5.83. The van der Waals surface area contributed by atoms with E-state index >= 15 is 0 Å². The Labute approximate surface area is 123 Å². The highest BCUT2D eigenvalue weighted by Crippen LogP contribution is 2.28. The van der Waals surface area contributed by atoms with Crippen LogP contribution in [0.4, 0.5) is 5.69 Å². The van der Waals surface area contributed by atoms with Crippen molar-refractivity contribution in [2.45, 2.75) is 12.5 Å². The van der Waals surface area contributed by atoms with Gasteiger partial charge in [0.2, 0.25) is 0 Å². The van der Waals surface area contributed by atoms with Crippen molar-refractivity contribution in [2.24, 2.45) is 5.73 Å². The lowest BCUT2D eigenvalue weighted by Gasteiger charge is -2.27. The Balaban J connectivity index is 2.36. The number of nitrogens with two attached hydrogens (primary N) is 1. The third kappa shape index (κ3) is 3.19. The summed E-state index contributed by atoms with van der Waals surface area (Å²) in [5.41, 5.74) is 7.19. The van der Waals surface area contributed by atoms with Crippen LogP contribution in [0.2, 0.25) is 5.02 Å². The van der Waals surface area contributed by atoms with Crippen molar-refractivity contribution >= 4 is 44.3 Å². The molecule has 1 aliphatic rings. The standard InChI is InChI=1S/C12H15ClN2O2S2/c1-15(9-4-5-19(16,17)7-9)11-6-8(13)2-3-10(11)12(14)18/h2-3,6,9H,4-5,7H2,1H3,(H2,14,18). The molecule has 0 bridgehead atoms. The maximum atomic E-state index is 11.6. The molecule has 4 nitrogen and oxygen atoms in total. The molecule has 0 spiro atoms. The number of halogens is 1. The number of benzene rings is 1. The maximum absolute atomic E-state index is 11.6. The summed E-state index contributed by atoms with van der Waals surface area (Å²) >= 11 is 11.0. The van der Waals surface area contributed by atoms with Crippen LogP contribution in [0.3, 0.4) is 0 Å². The van der Waals surface area contributed by atoms with Crippen LogP contribution in [0.5, 0.6) is 0 Å². The van der Waals surface area contributed by atoms with Crippen LogP contribution in [0.25, 0.3) is 0 Å². The fraction of sp³-hybridized carbons (Fsp3) is 0.417. The predicted octanol–water partition coefficient (Wildman–Crippen LogP) is 1.60. The Morgan fingerprint density at radius 1 is 1.53 bits per heavy atom. The summed E-state index contributed by atoms with van der Waals surface area (Å²) < 4.78 is 23.1. The molecular weight excluding hydrogens is 304 g/mol. The Bertz CT molecular complexity index is 616. The maximum Gasteiger partial charge on any atom is 0.152 e. The number of thiocarbonyl (C=S) groups is 1. The fourth-order valence-electron chi connectivity index (χ4n) is 2.28. The SMILES string of the molecule is CN(c1cc(Cl)ccc1C(N)=S)C1CCS(=O)(=O)C1. The van der Waals surface area contributed by atoms with Crippen molar-refractivity contribution in [1.29, 1.82) is 0 Å². The van der Waals surface area contributed by atoms with Crippen molar-refractivity contribution in [3.05, 3.63) is 28.8 Å². The molecule has 19 heavy (non-hydrogen) atoms. The molecule has 104 valence electrons. The number of sulfone groups is 1. The van der Waals surface area contributed by atoms with Gasteiger partial charge < -0.3 is 10.6 Å². The monoisotopic (exact) mass is 318 g/mol. The van der Waals surface area contributed by atoms with Crippen LogP contribution in [0, 0.1) is 0 Å². The lowest BCUT2D eigenvalue weighted by Crippen LogP contribution is -2.34. The van der Waals surface area contributed by atoms with Crippen LogP contribution in [0.15, 0.2) is 18.2 Å². The van der Waals surface area contributed by atoms with Gasteiger partial charge in [0.1, 0.15) is 4.99 Å². The first kappa shape index (κ1) is 14.6. The van der Waals surface area contributed by atoms with E-state index < -0.39 is 9.84 Å². The molecule has 1 aromatic carbocycles. The number of hydrogen-bond donors (Lipinski definition) is 1. The van der Waals surface area contributed by atoms with E-state index in [0.717, 1.165) is 5.69 Å². The van der Waals surface area contributed by atoms with Gasteiger partial charge in [-0.1, -0.05) is 23.8 Å². The second-order valence-corrected chi connectivity index (χ2v) is 7.80. The molecule has 0 radical (unpaired) electrons. The zero-order valence-electron chi connectivity index (χ0n) is 10.5. The van der Waals surface area contributed by atoms with Gasteiger partial charge in [-0.2, -0.15) is 0 Å². The van der Waals surface area contributed by atoms with Crippen molar-refractivity contribution < 1.29 is 8.42 Å². The first-order valence-corrected chi connectivity index (χ1v) is 8.43. The van der Waals surface area contributed by atoms with Crippen LogP contribution in [-0.2, 0) is 9.84 Å². The molecule has 1 heterocycles. The van der Waals surface area contributed by atoms with Crippen molar-refractivity contribution in [3.63, 3.8) is 0 Å². The molecule has 0 amide bonds. The number of rotatable bonds is 3. The molecule has 1 aromatic rings. The van der Waals surface area contributed by atoms with Gasteiger partial charge >= 0.3 is 0 Å². The molecule has 1 fully saturated rings. The van der Waals surface area contributed by atoms with E-state index in [2.05, 4.69) is 0 Å². The van der Waals surface area contributed by atoms with Crippen LogP contribution < -0.4 is 10.6 Å².